The van der Waals surface area contributed by atoms with Crippen LogP contribution in [0.5, 0.6) is 0 Å². The molecule has 0 aliphatic carbocycles. The van der Waals surface area contributed by atoms with E-state index in [-0.39, 0.29) is 24.2 Å². The molecule has 2 rings (SSSR count). The van der Waals surface area contributed by atoms with Gasteiger partial charge in [-0.1, -0.05) is 18.2 Å². The fourth-order valence-electron chi connectivity index (χ4n) is 2.99. The number of benzene rings is 1. The van der Waals surface area contributed by atoms with Gasteiger partial charge >= 0.3 is 5.97 Å². The first-order valence-electron chi connectivity index (χ1n) is 7.24. The van der Waals surface area contributed by atoms with E-state index in [1.54, 1.807) is 0 Å². The molecule has 0 unspecified atom stereocenters. The molecule has 1 fully saturated rings. The van der Waals surface area contributed by atoms with E-state index in [9.17, 15) is 9.59 Å². The predicted molar refractivity (Wildman–Crippen MR) is 81.5 cm³/mol. The molecule has 0 saturated carbocycles. The molecule has 1 amide bonds. The van der Waals surface area contributed by atoms with E-state index in [0.29, 0.717) is 24.5 Å². The second-order valence-electron chi connectivity index (χ2n) is 5.50. The van der Waals surface area contributed by atoms with E-state index in [1.165, 1.54) is 0 Å². The van der Waals surface area contributed by atoms with E-state index in [1.807, 2.05) is 35.2 Å². The van der Waals surface area contributed by atoms with Crippen LogP contribution >= 0.6 is 11.6 Å². The van der Waals surface area contributed by atoms with Crippen molar-refractivity contribution in [3.63, 3.8) is 0 Å². The molecule has 1 N–H and O–H groups in total. The van der Waals surface area contributed by atoms with Crippen molar-refractivity contribution in [2.45, 2.75) is 19.3 Å². The second-order valence-corrected chi connectivity index (χ2v) is 5.88. The third-order valence-electron chi connectivity index (χ3n) is 4.12. The first-order chi connectivity index (χ1) is 10.1. The van der Waals surface area contributed by atoms with Crippen LogP contribution in [0.1, 0.15) is 29.6 Å². The number of nitrogens with zero attached hydrogens (tertiary/aromatic N) is 1. The third kappa shape index (κ3) is 4.21. The van der Waals surface area contributed by atoms with E-state index >= 15 is 0 Å². The van der Waals surface area contributed by atoms with Crippen LogP contribution in [0.15, 0.2) is 30.3 Å². The summed E-state index contributed by atoms with van der Waals surface area (Å²) in [6.45, 7) is 1.21. The number of carboxylic acid groups (broad SMARTS) is 1. The quantitative estimate of drug-likeness (QED) is 0.851. The third-order valence-corrected chi connectivity index (χ3v) is 4.33. The second kappa shape index (κ2) is 7.46. The smallest absolute Gasteiger partial charge is 0.303 e. The first kappa shape index (κ1) is 15.8. The van der Waals surface area contributed by atoms with Crippen LogP contribution in [0.25, 0.3) is 0 Å². The number of halogens is 1. The summed E-state index contributed by atoms with van der Waals surface area (Å²) in [5.41, 5.74) is 0.679. The molecule has 1 aromatic carbocycles. The Kier molecular flexibility index (Phi) is 5.62. The predicted octanol–water partition coefficient (Wildman–Crippen LogP) is 2.87. The molecule has 1 aromatic rings. The van der Waals surface area contributed by atoms with Gasteiger partial charge in [-0.3, -0.25) is 9.59 Å². The summed E-state index contributed by atoms with van der Waals surface area (Å²) in [6, 6.07) is 9.19. The minimum Gasteiger partial charge on any atom is -0.481 e. The maximum Gasteiger partial charge on any atom is 0.303 e. The number of amides is 1. The van der Waals surface area contributed by atoms with Crippen molar-refractivity contribution in [3.8, 4) is 0 Å². The van der Waals surface area contributed by atoms with Gasteiger partial charge in [0, 0.05) is 31.0 Å². The average molecular weight is 310 g/mol. The minimum absolute atomic E-state index is 0.0175. The molecular weight excluding hydrogens is 290 g/mol. The van der Waals surface area contributed by atoms with Gasteiger partial charge in [-0.25, -0.2) is 0 Å². The average Bonchev–Trinajstić information content (AvgIpc) is 2.49. The number of piperidine rings is 1. The number of alkyl halides is 1. The zero-order chi connectivity index (χ0) is 15.2. The minimum atomic E-state index is -0.776. The van der Waals surface area contributed by atoms with Crippen molar-refractivity contribution in [2.24, 2.45) is 11.8 Å². The van der Waals surface area contributed by atoms with Gasteiger partial charge < -0.3 is 10.0 Å². The van der Waals surface area contributed by atoms with E-state index in [2.05, 4.69) is 0 Å². The molecular formula is C16H20ClNO3. The van der Waals surface area contributed by atoms with Gasteiger partial charge in [0.15, 0.2) is 0 Å². The Labute approximate surface area is 129 Å². The first-order valence-corrected chi connectivity index (χ1v) is 7.77. The van der Waals surface area contributed by atoms with Crippen molar-refractivity contribution >= 4 is 23.5 Å². The number of hydrogen-bond donors (Lipinski definition) is 1. The molecule has 4 nitrogen and oxygen atoms in total. The Bertz CT molecular complexity index is 492. The fraction of sp³-hybridized carbons (Fsp3) is 0.500. The van der Waals surface area contributed by atoms with Gasteiger partial charge in [0.2, 0.25) is 0 Å². The summed E-state index contributed by atoms with van der Waals surface area (Å²) in [6.07, 6.45) is 1.64. The Morgan fingerprint density at radius 2 is 1.95 bits per heavy atom. The van der Waals surface area contributed by atoms with Gasteiger partial charge in [-0.15, -0.1) is 11.6 Å². The zero-order valence-electron chi connectivity index (χ0n) is 11.9. The van der Waals surface area contributed by atoms with Gasteiger partial charge in [-0.05, 0) is 36.8 Å². The lowest BCUT2D eigenvalue weighted by Gasteiger charge is -2.38. The number of hydrogen-bond acceptors (Lipinski definition) is 2. The van der Waals surface area contributed by atoms with Crippen LogP contribution in [0, 0.1) is 11.8 Å². The zero-order valence-corrected chi connectivity index (χ0v) is 12.6. The molecule has 0 spiro atoms. The molecule has 1 saturated heterocycles. The Morgan fingerprint density at radius 1 is 1.24 bits per heavy atom. The lowest BCUT2D eigenvalue weighted by Crippen LogP contribution is -2.44. The Morgan fingerprint density at radius 3 is 2.57 bits per heavy atom. The lowest BCUT2D eigenvalue weighted by atomic mass is 9.81. The fourth-order valence-corrected chi connectivity index (χ4v) is 3.27. The maximum absolute atomic E-state index is 12.5. The van der Waals surface area contributed by atoms with Gasteiger partial charge in [0.05, 0.1) is 0 Å². The molecule has 1 heterocycles. The van der Waals surface area contributed by atoms with Gasteiger partial charge in [0.1, 0.15) is 0 Å². The van der Waals surface area contributed by atoms with Gasteiger partial charge in [0.25, 0.3) is 5.91 Å². The highest BCUT2D eigenvalue weighted by Crippen LogP contribution is 2.30. The van der Waals surface area contributed by atoms with Crippen molar-refractivity contribution in [2.75, 3.05) is 19.0 Å². The number of carboxylic acids is 1. The van der Waals surface area contributed by atoms with Crippen LogP contribution in [-0.4, -0.2) is 40.9 Å². The molecule has 114 valence electrons. The van der Waals surface area contributed by atoms with E-state index in [4.69, 9.17) is 16.7 Å². The number of rotatable bonds is 5. The van der Waals surface area contributed by atoms with Crippen molar-refractivity contribution < 1.29 is 14.7 Å². The summed E-state index contributed by atoms with van der Waals surface area (Å²) in [7, 11) is 0. The van der Waals surface area contributed by atoms with Crippen LogP contribution in [0.3, 0.4) is 0 Å². The molecule has 1 aliphatic rings. The summed E-state index contributed by atoms with van der Waals surface area (Å²) in [5, 5.41) is 8.99. The van der Waals surface area contributed by atoms with Gasteiger partial charge in [-0.2, -0.15) is 0 Å². The van der Waals surface area contributed by atoms with Crippen molar-refractivity contribution in [1.29, 1.82) is 0 Å². The topological polar surface area (TPSA) is 57.6 Å². The van der Waals surface area contributed by atoms with Crippen molar-refractivity contribution in [1.82, 2.24) is 4.90 Å². The summed E-state index contributed by atoms with van der Waals surface area (Å²) < 4.78 is 0. The number of aliphatic carboxylic acids is 1. The molecule has 0 radical (unpaired) electrons. The van der Waals surface area contributed by atoms with Crippen LogP contribution in [-0.2, 0) is 4.79 Å². The Balaban J connectivity index is 2.04. The van der Waals surface area contributed by atoms with E-state index < -0.39 is 5.97 Å². The molecule has 2 atom stereocenters. The summed E-state index contributed by atoms with van der Waals surface area (Å²) >= 11 is 5.83. The largest absolute Gasteiger partial charge is 0.481 e. The molecule has 1 aliphatic heterocycles. The molecule has 5 heteroatoms. The van der Waals surface area contributed by atoms with Crippen LogP contribution < -0.4 is 0 Å². The molecule has 0 aromatic heterocycles. The Hall–Kier alpha value is -1.55. The van der Waals surface area contributed by atoms with Crippen LogP contribution in [0.2, 0.25) is 0 Å². The lowest BCUT2D eigenvalue weighted by molar-refractivity contribution is -0.139. The number of likely N-dealkylation sites (tertiary alicyclic amines) is 1. The summed E-state index contributed by atoms with van der Waals surface area (Å²) in [4.78, 5) is 25.2. The monoisotopic (exact) mass is 309 g/mol. The maximum atomic E-state index is 12.5. The highest BCUT2D eigenvalue weighted by molar-refractivity contribution is 6.17. The SMILES string of the molecule is O=C(O)C[C@@H]1CCN(C(=O)c2ccccc2)C[C@@H]1CCCl. The van der Waals surface area contributed by atoms with Crippen LogP contribution in [0.4, 0.5) is 0 Å². The van der Waals surface area contributed by atoms with E-state index in [0.717, 1.165) is 12.8 Å². The molecule has 0 bridgehead atoms. The normalized spacial score (nSPS) is 22.0. The van der Waals surface area contributed by atoms with Crippen molar-refractivity contribution in [3.05, 3.63) is 35.9 Å². The summed E-state index contributed by atoms with van der Waals surface area (Å²) in [5.74, 6) is 0.0150. The highest BCUT2D eigenvalue weighted by Gasteiger charge is 2.32. The standard InChI is InChI=1S/C16H20ClNO3/c17-8-6-14-11-18(9-7-13(14)10-15(19)20)16(21)12-4-2-1-3-5-12/h1-5,13-14H,6-11H2,(H,19,20)/t13-,14-/m0/s1. The number of carbonyl (C=O) groups excluding carboxylic acids is 1. The molecule has 21 heavy (non-hydrogen) atoms. The number of carbonyl (C=O) groups is 2. The highest BCUT2D eigenvalue weighted by atomic mass is 35.5.